The van der Waals surface area contributed by atoms with E-state index in [9.17, 15) is 4.39 Å². The summed E-state index contributed by atoms with van der Waals surface area (Å²) in [5.74, 6) is 0.802. The van der Waals surface area contributed by atoms with E-state index in [1.165, 1.54) is 31.2 Å². The predicted octanol–water partition coefficient (Wildman–Crippen LogP) is 3.84. The molecular formula is C16H24FN. The van der Waals surface area contributed by atoms with E-state index in [-0.39, 0.29) is 5.82 Å². The van der Waals surface area contributed by atoms with Crippen molar-refractivity contribution in [2.75, 3.05) is 6.54 Å². The molecule has 2 heteroatoms. The normalized spacial score (nSPS) is 16.8. The molecular weight excluding hydrogens is 225 g/mol. The minimum Gasteiger partial charge on any atom is -0.314 e. The molecule has 0 aromatic heterocycles. The molecule has 1 unspecified atom stereocenters. The van der Waals surface area contributed by atoms with E-state index in [0.717, 1.165) is 24.4 Å². The Balaban J connectivity index is 1.96. The number of nitrogens with one attached hydrogen (secondary N) is 1. The molecule has 1 atom stereocenters. The molecule has 2 rings (SSSR count). The summed E-state index contributed by atoms with van der Waals surface area (Å²) >= 11 is 0. The van der Waals surface area contributed by atoms with Crippen LogP contribution >= 0.6 is 0 Å². The van der Waals surface area contributed by atoms with Crippen LogP contribution in [0.25, 0.3) is 0 Å². The first-order chi connectivity index (χ1) is 8.69. The lowest BCUT2D eigenvalue weighted by Crippen LogP contribution is -2.32. The van der Waals surface area contributed by atoms with Crippen molar-refractivity contribution < 1.29 is 4.39 Å². The summed E-state index contributed by atoms with van der Waals surface area (Å²) in [5, 5.41) is 3.64. The van der Waals surface area contributed by atoms with Gasteiger partial charge in [0.05, 0.1) is 0 Å². The maximum absolute atomic E-state index is 13.1. The minimum absolute atomic E-state index is 0.128. The van der Waals surface area contributed by atoms with Gasteiger partial charge in [-0.05, 0) is 61.9 Å². The van der Waals surface area contributed by atoms with Gasteiger partial charge in [0.2, 0.25) is 0 Å². The number of aryl methyl sites for hydroxylation is 1. The second-order valence-corrected chi connectivity index (χ2v) is 5.61. The van der Waals surface area contributed by atoms with E-state index in [1.54, 1.807) is 12.1 Å². The lowest BCUT2D eigenvalue weighted by molar-refractivity contribution is 0.454. The van der Waals surface area contributed by atoms with E-state index in [1.807, 2.05) is 13.0 Å². The van der Waals surface area contributed by atoms with Crippen molar-refractivity contribution in [3.63, 3.8) is 0 Å². The number of benzene rings is 1. The molecule has 0 bridgehead atoms. The first-order valence-corrected chi connectivity index (χ1v) is 7.17. The van der Waals surface area contributed by atoms with Gasteiger partial charge in [-0.3, -0.25) is 0 Å². The topological polar surface area (TPSA) is 12.0 Å². The van der Waals surface area contributed by atoms with Crippen molar-refractivity contribution in [2.45, 2.75) is 52.0 Å². The van der Waals surface area contributed by atoms with Gasteiger partial charge in [0.15, 0.2) is 0 Å². The highest BCUT2D eigenvalue weighted by Gasteiger charge is 2.25. The first kappa shape index (κ1) is 13.5. The maximum Gasteiger partial charge on any atom is 0.123 e. The molecule has 1 fully saturated rings. The van der Waals surface area contributed by atoms with Crippen LogP contribution < -0.4 is 5.32 Å². The summed E-state index contributed by atoms with van der Waals surface area (Å²) in [5.41, 5.74) is 2.36. The average molecular weight is 249 g/mol. The fourth-order valence-electron chi connectivity index (χ4n) is 2.50. The van der Waals surface area contributed by atoms with Crippen LogP contribution in [-0.4, -0.2) is 12.6 Å². The highest BCUT2D eigenvalue weighted by atomic mass is 19.1. The quantitative estimate of drug-likeness (QED) is 0.774. The van der Waals surface area contributed by atoms with Crippen LogP contribution in [0.3, 0.4) is 0 Å². The molecule has 1 aromatic carbocycles. The zero-order valence-corrected chi connectivity index (χ0v) is 11.5. The molecule has 1 aliphatic carbocycles. The Bertz CT molecular complexity index is 385. The molecule has 0 radical (unpaired) electrons. The van der Waals surface area contributed by atoms with Gasteiger partial charge in [-0.15, -0.1) is 0 Å². The van der Waals surface area contributed by atoms with Crippen molar-refractivity contribution in [1.82, 2.24) is 5.32 Å². The van der Waals surface area contributed by atoms with Gasteiger partial charge in [0, 0.05) is 6.04 Å². The smallest absolute Gasteiger partial charge is 0.123 e. The standard InChI is InChI=1S/C16H24FN/c1-3-8-18-16(10-13-4-5-13)11-14-6-7-15(17)9-12(14)2/h6-7,9,13,16,18H,3-5,8,10-11H2,1-2H3. The number of hydrogen-bond acceptors (Lipinski definition) is 1. The zero-order valence-electron chi connectivity index (χ0n) is 11.5. The molecule has 1 aromatic rings. The van der Waals surface area contributed by atoms with Crippen molar-refractivity contribution in [3.8, 4) is 0 Å². The largest absolute Gasteiger partial charge is 0.314 e. The van der Waals surface area contributed by atoms with Crippen LogP contribution in [0.15, 0.2) is 18.2 Å². The molecule has 1 N–H and O–H groups in total. The molecule has 1 aliphatic rings. The van der Waals surface area contributed by atoms with E-state index < -0.39 is 0 Å². The third kappa shape index (κ3) is 4.09. The molecule has 0 heterocycles. The van der Waals surface area contributed by atoms with E-state index in [2.05, 4.69) is 12.2 Å². The SMILES string of the molecule is CCCNC(Cc1ccc(F)cc1C)CC1CC1. The van der Waals surface area contributed by atoms with Crippen LogP contribution in [-0.2, 0) is 6.42 Å². The first-order valence-electron chi connectivity index (χ1n) is 7.17. The Kier molecular flexibility index (Phi) is 4.76. The van der Waals surface area contributed by atoms with Crippen LogP contribution in [0.2, 0.25) is 0 Å². The zero-order chi connectivity index (χ0) is 13.0. The lowest BCUT2D eigenvalue weighted by atomic mass is 9.97. The van der Waals surface area contributed by atoms with Crippen LogP contribution in [0.4, 0.5) is 4.39 Å². The van der Waals surface area contributed by atoms with Crippen molar-refractivity contribution in [2.24, 2.45) is 5.92 Å². The van der Waals surface area contributed by atoms with Crippen molar-refractivity contribution >= 4 is 0 Å². The van der Waals surface area contributed by atoms with Crippen LogP contribution in [0.5, 0.6) is 0 Å². The minimum atomic E-state index is -0.128. The molecule has 0 spiro atoms. The monoisotopic (exact) mass is 249 g/mol. The Morgan fingerprint density at radius 2 is 2.17 bits per heavy atom. The fourth-order valence-corrected chi connectivity index (χ4v) is 2.50. The van der Waals surface area contributed by atoms with Gasteiger partial charge in [-0.1, -0.05) is 25.8 Å². The molecule has 18 heavy (non-hydrogen) atoms. The van der Waals surface area contributed by atoms with E-state index in [4.69, 9.17) is 0 Å². The summed E-state index contributed by atoms with van der Waals surface area (Å²) in [6, 6.07) is 5.72. The molecule has 1 nitrogen and oxygen atoms in total. The molecule has 100 valence electrons. The third-order valence-corrected chi connectivity index (χ3v) is 3.77. The highest BCUT2D eigenvalue weighted by molar-refractivity contribution is 5.27. The third-order valence-electron chi connectivity index (χ3n) is 3.77. The summed E-state index contributed by atoms with van der Waals surface area (Å²) in [6.07, 6.45) is 6.27. The second kappa shape index (κ2) is 6.33. The lowest BCUT2D eigenvalue weighted by Gasteiger charge is -2.19. The number of hydrogen-bond donors (Lipinski definition) is 1. The average Bonchev–Trinajstić information content (AvgIpc) is 3.13. The van der Waals surface area contributed by atoms with Crippen molar-refractivity contribution in [1.29, 1.82) is 0 Å². The molecule has 0 amide bonds. The summed E-state index contributed by atoms with van der Waals surface area (Å²) < 4.78 is 13.1. The van der Waals surface area contributed by atoms with Crippen LogP contribution in [0.1, 0.15) is 43.7 Å². The Hall–Kier alpha value is -0.890. The Morgan fingerprint density at radius 3 is 2.78 bits per heavy atom. The summed E-state index contributed by atoms with van der Waals surface area (Å²) in [6.45, 7) is 5.29. The summed E-state index contributed by atoms with van der Waals surface area (Å²) in [7, 11) is 0. The second-order valence-electron chi connectivity index (χ2n) is 5.61. The van der Waals surface area contributed by atoms with Gasteiger partial charge >= 0.3 is 0 Å². The maximum atomic E-state index is 13.1. The van der Waals surface area contributed by atoms with Gasteiger partial charge in [-0.25, -0.2) is 4.39 Å². The van der Waals surface area contributed by atoms with Gasteiger partial charge in [-0.2, -0.15) is 0 Å². The van der Waals surface area contributed by atoms with E-state index in [0.29, 0.717) is 6.04 Å². The Morgan fingerprint density at radius 1 is 1.39 bits per heavy atom. The van der Waals surface area contributed by atoms with Gasteiger partial charge in [0.1, 0.15) is 5.82 Å². The fraction of sp³-hybridized carbons (Fsp3) is 0.625. The molecule has 1 saturated carbocycles. The van der Waals surface area contributed by atoms with Gasteiger partial charge < -0.3 is 5.32 Å². The number of rotatable bonds is 7. The van der Waals surface area contributed by atoms with Gasteiger partial charge in [0.25, 0.3) is 0 Å². The predicted molar refractivity (Wildman–Crippen MR) is 74.3 cm³/mol. The number of halogens is 1. The van der Waals surface area contributed by atoms with Crippen molar-refractivity contribution in [3.05, 3.63) is 35.1 Å². The summed E-state index contributed by atoms with van der Waals surface area (Å²) in [4.78, 5) is 0. The Labute approximate surface area is 110 Å². The highest BCUT2D eigenvalue weighted by Crippen LogP contribution is 2.34. The molecule has 0 saturated heterocycles. The molecule has 0 aliphatic heterocycles. The van der Waals surface area contributed by atoms with Crippen LogP contribution in [0, 0.1) is 18.7 Å². The van der Waals surface area contributed by atoms with E-state index >= 15 is 0 Å².